The molecule has 0 spiro atoms. The highest BCUT2D eigenvalue weighted by Crippen LogP contribution is 2.19. The Bertz CT molecular complexity index is 701. The monoisotopic (exact) mass is 292 g/mol. The molecule has 20 heavy (non-hydrogen) atoms. The van der Waals surface area contributed by atoms with Gasteiger partial charge in [-0.3, -0.25) is 4.79 Å². The Hall–Kier alpha value is -2.29. The van der Waals surface area contributed by atoms with Crippen molar-refractivity contribution in [2.24, 2.45) is 5.73 Å². The summed E-state index contributed by atoms with van der Waals surface area (Å²) in [5.41, 5.74) is 5.99. The number of benzene rings is 1. The number of hydrogen-bond donors (Lipinski definition) is 2. The zero-order valence-electron chi connectivity index (χ0n) is 10.2. The fourth-order valence-corrected chi connectivity index (χ4v) is 1.70. The molecule has 0 aliphatic rings. The maximum Gasteiger partial charge on any atom is 0.260 e. The summed E-state index contributed by atoms with van der Waals surface area (Å²) in [6.07, 6.45) is 1.31. The second kappa shape index (κ2) is 6.24. The molecule has 0 unspecified atom stereocenters. The van der Waals surface area contributed by atoms with Gasteiger partial charge in [0.05, 0.1) is 23.9 Å². The standard InChI is InChI=1S/C14H10ClFN2O2/c15-13-11(5-7-20-13)14(19)18-10-3-4-12(16)9(8-10)2-1-6-17/h3-5,7-8H,6,17H2,(H,18,19). The second-order valence-corrected chi connectivity index (χ2v) is 4.11. The van der Waals surface area contributed by atoms with Crippen LogP contribution in [0.2, 0.25) is 5.22 Å². The van der Waals surface area contributed by atoms with E-state index >= 15 is 0 Å². The average molecular weight is 293 g/mol. The smallest absolute Gasteiger partial charge is 0.260 e. The molecular formula is C14H10ClFN2O2. The molecule has 2 aromatic rings. The number of halogens is 2. The van der Waals surface area contributed by atoms with Crippen LogP contribution in [0.3, 0.4) is 0 Å². The van der Waals surface area contributed by atoms with E-state index in [2.05, 4.69) is 17.2 Å². The van der Waals surface area contributed by atoms with Gasteiger partial charge in [0, 0.05) is 5.69 Å². The highest BCUT2D eigenvalue weighted by Gasteiger charge is 2.13. The number of rotatable bonds is 2. The molecule has 0 bridgehead atoms. The van der Waals surface area contributed by atoms with Crippen molar-refractivity contribution in [3.8, 4) is 11.8 Å². The largest absolute Gasteiger partial charge is 0.452 e. The van der Waals surface area contributed by atoms with Crippen molar-refractivity contribution in [2.75, 3.05) is 11.9 Å². The van der Waals surface area contributed by atoms with Crippen LogP contribution in [0.25, 0.3) is 0 Å². The number of nitrogens with one attached hydrogen (secondary N) is 1. The Morgan fingerprint density at radius 1 is 1.45 bits per heavy atom. The predicted octanol–water partition coefficient (Wildman–Crippen LogP) is 2.63. The Balaban J connectivity index is 2.22. The van der Waals surface area contributed by atoms with E-state index in [1.54, 1.807) is 0 Å². The topological polar surface area (TPSA) is 68.3 Å². The molecule has 3 N–H and O–H groups in total. The lowest BCUT2D eigenvalue weighted by Crippen LogP contribution is -2.11. The molecule has 0 radical (unpaired) electrons. The van der Waals surface area contributed by atoms with Gasteiger partial charge in [0.1, 0.15) is 5.82 Å². The molecule has 0 atom stereocenters. The van der Waals surface area contributed by atoms with Crippen LogP contribution in [0.5, 0.6) is 0 Å². The number of carbonyl (C=O) groups is 1. The lowest BCUT2D eigenvalue weighted by Gasteiger charge is -2.05. The Kier molecular flexibility index (Phi) is 4.41. The summed E-state index contributed by atoms with van der Waals surface area (Å²) in [5.74, 6) is 4.21. The summed E-state index contributed by atoms with van der Waals surface area (Å²) in [4.78, 5) is 11.9. The van der Waals surface area contributed by atoms with Crippen molar-refractivity contribution in [3.63, 3.8) is 0 Å². The molecule has 0 fully saturated rings. The van der Waals surface area contributed by atoms with Crippen LogP contribution in [0, 0.1) is 17.7 Å². The summed E-state index contributed by atoms with van der Waals surface area (Å²) >= 11 is 5.70. The van der Waals surface area contributed by atoms with E-state index in [1.165, 1.54) is 30.5 Å². The predicted molar refractivity (Wildman–Crippen MR) is 74.0 cm³/mol. The third-order valence-electron chi connectivity index (χ3n) is 2.41. The van der Waals surface area contributed by atoms with E-state index < -0.39 is 11.7 Å². The molecule has 0 aliphatic carbocycles. The van der Waals surface area contributed by atoms with Crippen LogP contribution in [0.1, 0.15) is 15.9 Å². The van der Waals surface area contributed by atoms with Crippen LogP contribution in [0.15, 0.2) is 34.9 Å². The fraction of sp³-hybridized carbons (Fsp3) is 0.0714. The van der Waals surface area contributed by atoms with E-state index in [0.717, 1.165) is 0 Å². The third-order valence-corrected chi connectivity index (χ3v) is 2.70. The van der Waals surface area contributed by atoms with Gasteiger partial charge in [-0.2, -0.15) is 0 Å². The first-order chi connectivity index (χ1) is 9.61. The molecular weight excluding hydrogens is 283 g/mol. The van der Waals surface area contributed by atoms with Gasteiger partial charge in [0.2, 0.25) is 5.22 Å². The Labute approximate surface area is 119 Å². The maximum atomic E-state index is 13.5. The number of furan rings is 1. The molecule has 1 aromatic heterocycles. The molecule has 0 saturated heterocycles. The normalized spacial score (nSPS) is 9.75. The van der Waals surface area contributed by atoms with Gasteiger partial charge in [-0.1, -0.05) is 11.8 Å². The molecule has 6 heteroatoms. The zero-order valence-corrected chi connectivity index (χ0v) is 11.0. The Morgan fingerprint density at radius 2 is 2.25 bits per heavy atom. The quantitative estimate of drug-likeness (QED) is 0.836. The van der Waals surface area contributed by atoms with Gasteiger partial charge in [0.15, 0.2) is 0 Å². The molecule has 102 valence electrons. The molecule has 4 nitrogen and oxygen atoms in total. The molecule has 2 rings (SSSR count). The van der Waals surface area contributed by atoms with E-state index in [1.807, 2.05) is 0 Å². The van der Waals surface area contributed by atoms with E-state index in [-0.39, 0.29) is 22.9 Å². The van der Waals surface area contributed by atoms with Gasteiger partial charge in [-0.15, -0.1) is 0 Å². The van der Waals surface area contributed by atoms with Crippen molar-refractivity contribution in [2.45, 2.75) is 0 Å². The lowest BCUT2D eigenvalue weighted by atomic mass is 10.2. The van der Waals surface area contributed by atoms with Crippen molar-refractivity contribution in [1.29, 1.82) is 0 Å². The number of amides is 1. The first-order valence-electron chi connectivity index (χ1n) is 5.64. The molecule has 0 saturated carbocycles. The van der Waals surface area contributed by atoms with Gasteiger partial charge in [-0.25, -0.2) is 4.39 Å². The SMILES string of the molecule is NCC#Cc1cc(NC(=O)c2ccoc2Cl)ccc1F. The van der Waals surface area contributed by atoms with Crippen molar-refractivity contribution in [1.82, 2.24) is 0 Å². The van der Waals surface area contributed by atoms with Crippen LogP contribution in [-0.4, -0.2) is 12.5 Å². The highest BCUT2D eigenvalue weighted by molar-refractivity contribution is 6.32. The van der Waals surface area contributed by atoms with Gasteiger partial charge < -0.3 is 15.5 Å². The van der Waals surface area contributed by atoms with E-state index in [4.69, 9.17) is 21.8 Å². The van der Waals surface area contributed by atoms with Crippen LogP contribution >= 0.6 is 11.6 Å². The van der Waals surface area contributed by atoms with Crippen LogP contribution < -0.4 is 11.1 Å². The first kappa shape index (κ1) is 14.1. The number of carbonyl (C=O) groups excluding carboxylic acids is 1. The lowest BCUT2D eigenvalue weighted by molar-refractivity contribution is 0.102. The average Bonchev–Trinajstić information content (AvgIpc) is 2.85. The molecule has 1 aromatic carbocycles. The minimum Gasteiger partial charge on any atom is -0.452 e. The van der Waals surface area contributed by atoms with Crippen molar-refractivity contribution < 1.29 is 13.6 Å². The van der Waals surface area contributed by atoms with E-state index in [0.29, 0.717) is 5.69 Å². The summed E-state index contributed by atoms with van der Waals surface area (Å²) in [6, 6.07) is 5.50. The second-order valence-electron chi connectivity index (χ2n) is 3.76. The maximum absolute atomic E-state index is 13.5. The summed E-state index contributed by atoms with van der Waals surface area (Å²) in [7, 11) is 0. The summed E-state index contributed by atoms with van der Waals surface area (Å²) in [6.45, 7) is 0.126. The zero-order chi connectivity index (χ0) is 14.5. The van der Waals surface area contributed by atoms with Crippen LogP contribution in [-0.2, 0) is 0 Å². The summed E-state index contributed by atoms with van der Waals surface area (Å²) < 4.78 is 18.3. The molecule has 0 aliphatic heterocycles. The van der Waals surface area contributed by atoms with Gasteiger partial charge in [-0.05, 0) is 35.9 Å². The van der Waals surface area contributed by atoms with Gasteiger partial charge >= 0.3 is 0 Å². The first-order valence-corrected chi connectivity index (χ1v) is 6.02. The number of nitrogens with two attached hydrogens (primary N) is 1. The molecule has 1 heterocycles. The number of anilines is 1. The van der Waals surface area contributed by atoms with E-state index in [9.17, 15) is 9.18 Å². The van der Waals surface area contributed by atoms with Crippen LogP contribution in [0.4, 0.5) is 10.1 Å². The number of hydrogen-bond acceptors (Lipinski definition) is 3. The minimum atomic E-state index is -0.481. The summed E-state index contributed by atoms with van der Waals surface area (Å²) in [5, 5.41) is 2.57. The van der Waals surface area contributed by atoms with Gasteiger partial charge in [0.25, 0.3) is 5.91 Å². The Morgan fingerprint density at radius 3 is 2.90 bits per heavy atom. The van der Waals surface area contributed by atoms with Crippen molar-refractivity contribution >= 4 is 23.2 Å². The minimum absolute atomic E-state index is 0.00671. The highest BCUT2D eigenvalue weighted by atomic mass is 35.5. The van der Waals surface area contributed by atoms with Crippen molar-refractivity contribution in [3.05, 3.63) is 52.7 Å². The fourth-order valence-electron chi connectivity index (χ4n) is 1.50. The molecule has 1 amide bonds. The third kappa shape index (κ3) is 3.18.